The van der Waals surface area contributed by atoms with E-state index in [2.05, 4.69) is 21.2 Å². The molecule has 1 aromatic rings. The van der Waals surface area contributed by atoms with E-state index in [1.54, 1.807) is 13.8 Å². The average molecular weight is 277 g/mol. The highest BCUT2D eigenvalue weighted by atomic mass is 79.9. The Kier molecular flexibility index (Phi) is 3.62. The molecule has 0 saturated carbocycles. The van der Waals surface area contributed by atoms with Crippen LogP contribution in [0.15, 0.2) is 16.6 Å². The number of anilines is 1. The molecule has 0 heterocycles. The Morgan fingerprint density at radius 3 is 2.60 bits per heavy atom. The molecule has 0 unspecified atom stereocenters. The van der Waals surface area contributed by atoms with Crippen LogP contribution in [0.1, 0.15) is 13.8 Å². The second-order valence-electron chi connectivity index (χ2n) is 3.31. The Bertz CT molecular complexity index is 396. The van der Waals surface area contributed by atoms with E-state index in [0.29, 0.717) is 0 Å². The van der Waals surface area contributed by atoms with Crippen molar-refractivity contribution in [1.29, 1.82) is 0 Å². The van der Waals surface area contributed by atoms with Gasteiger partial charge in [0.2, 0.25) is 0 Å². The molecule has 1 rings (SSSR count). The summed E-state index contributed by atoms with van der Waals surface area (Å²) in [6, 6.07) is 2.50. The van der Waals surface area contributed by atoms with Crippen molar-refractivity contribution >= 4 is 27.3 Å². The number of halogens is 2. The molecule has 0 fully saturated rings. The molecule has 6 heteroatoms. The molecule has 0 radical (unpaired) electrons. The molecule has 82 valence electrons. The standard InChI is InChI=1S/C9H10BrFN2O2/c1-5(2)12-9-7(13(14)15)4-3-6(10)8(9)11/h3-5,12H,1-2H3. The first kappa shape index (κ1) is 11.9. The number of nitro groups is 1. The lowest BCUT2D eigenvalue weighted by Gasteiger charge is -2.11. The highest BCUT2D eigenvalue weighted by Crippen LogP contribution is 2.32. The lowest BCUT2D eigenvalue weighted by atomic mass is 10.2. The van der Waals surface area contributed by atoms with Crippen LogP contribution in [0.5, 0.6) is 0 Å². The van der Waals surface area contributed by atoms with E-state index < -0.39 is 10.7 Å². The van der Waals surface area contributed by atoms with Crippen LogP contribution >= 0.6 is 15.9 Å². The third-order valence-electron chi connectivity index (χ3n) is 1.70. The molecule has 4 nitrogen and oxygen atoms in total. The van der Waals surface area contributed by atoms with Crippen molar-refractivity contribution in [2.45, 2.75) is 19.9 Å². The van der Waals surface area contributed by atoms with Crippen molar-refractivity contribution in [2.75, 3.05) is 5.32 Å². The van der Waals surface area contributed by atoms with Gasteiger partial charge in [0.25, 0.3) is 5.69 Å². The number of nitro benzene ring substituents is 1. The maximum atomic E-state index is 13.6. The van der Waals surface area contributed by atoms with Gasteiger partial charge in [-0.05, 0) is 35.8 Å². The van der Waals surface area contributed by atoms with Gasteiger partial charge >= 0.3 is 0 Å². The summed E-state index contributed by atoms with van der Waals surface area (Å²) in [5.74, 6) is -0.641. The van der Waals surface area contributed by atoms with E-state index in [9.17, 15) is 14.5 Å². The van der Waals surface area contributed by atoms with Gasteiger partial charge in [0, 0.05) is 12.1 Å². The molecule has 0 atom stereocenters. The number of hydrogen-bond acceptors (Lipinski definition) is 3. The fourth-order valence-electron chi connectivity index (χ4n) is 1.12. The number of nitrogens with zero attached hydrogens (tertiary/aromatic N) is 1. The van der Waals surface area contributed by atoms with Crippen LogP contribution in [0.4, 0.5) is 15.8 Å². The van der Waals surface area contributed by atoms with E-state index in [1.807, 2.05) is 0 Å². The first-order valence-corrected chi connectivity index (χ1v) is 5.11. The zero-order chi connectivity index (χ0) is 11.6. The smallest absolute Gasteiger partial charge is 0.295 e. The summed E-state index contributed by atoms with van der Waals surface area (Å²) in [6.07, 6.45) is 0. The van der Waals surface area contributed by atoms with E-state index in [4.69, 9.17) is 0 Å². The lowest BCUT2D eigenvalue weighted by Crippen LogP contribution is -2.13. The number of hydrogen-bond donors (Lipinski definition) is 1. The Morgan fingerprint density at radius 2 is 2.13 bits per heavy atom. The predicted molar refractivity (Wildman–Crippen MR) is 59.5 cm³/mol. The zero-order valence-corrected chi connectivity index (χ0v) is 9.84. The summed E-state index contributed by atoms with van der Waals surface area (Å²) in [7, 11) is 0. The molecule has 0 saturated heterocycles. The Morgan fingerprint density at radius 1 is 1.53 bits per heavy atom. The van der Waals surface area contributed by atoms with Gasteiger partial charge in [-0.15, -0.1) is 0 Å². The summed E-state index contributed by atoms with van der Waals surface area (Å²) in [6.45, 7) is 3.56. The Labute approximate surface area is 94.8 Å². The second kappa shape index (κ2) is 4.57. The van der Waals surface area contributed by atoms with Crippen molar-refractivity contribution in [2.24, 2.45) is 0 Å². The molecule has 15 heavy (non-hydrogen) atoms. The number of nitrogens with one attached hydrogen (secondary N) is 1. The van der Waals surface area contributed by atoms with Crippen molar-refractivity contribution in [1.82, 2.24) is 0 Å². The second-order valence-corrected chi connectivity index (χ2v) is 4.17. The van der Waals surface area contributed by atoms with Gasteiger partial charge in [0.05, 0.1) is 9.40 Å². The van der Waals surface area contributed by atoms with E-state index in [1.165, 1.54) is 12.1 Å². The first-order chi connectivity index (χ1) is 6.93. The van der Waals surface area contributed by atoms with E-state index in [0.717, 1.165) is 0 Å². The van der Waals surface area contributed by atoms with Gasteiger partial charge in [0.15, 0.2) is 11.5 Å². The maximum Gasteiger partial charge on any atom is 0.295 e. The molecular weight excluding hydrogens is 267 g/mol. The van der Waals surface area contributed by atoms with Crippen LogP contribution in [0, 0.1) is 15.9 Å². The average Bonchev–Trinajstić information content (AvgIpc) is 2.12. The normalized spacial score (nSPS) is 10.5. The van der Waals surface area contributed by atoms with Crippen molar-refractivity contribution in [3.8, 4) is 0 Å². The quantitative estimate of drug-likeness (QED) is 0.681. The molecule has 0 aliphatic carbocycles. The van der Waals surface area contributed by atoms with Crippen molar-refractivity contribution in [3.63, 3.8) is 0 Å². The van der Waals surface area contributed by atoms with Gasteiger partial charge in [-0.3, -0.25) is 10.1 Å². The fraction of sp³-hybridized carbons (Fsp3) is 0.333. The van der Waals surface area contributed by atoms with Gasteiger partial charge in [-0.1, -0.05) is 0 Å². The minimum Gasteiger partial charge on any atom is -0.375 e. The third-order valence-corrected chi connectivity index (χ3v) is 2.31. The SMILES string of the molecule is CC(C)Nc1c([N+](=O)[O-])ccc(Br)c1F. The van der Waals surface area contributed by atoms with Gasteiger partial charge in [0.1, 0.15) is 0 Å². The topological polar surface area (TPSA) is 55.2 Å². The largest absolute Gasteiger partial charge is 0.375 e. The van der Waals surface area contributed by atoms with Crippen LogP contribution in [0.25, 0.3) is 0 Å². The lowest BCUT2D eigenvalue weighted by molar-refractivity contribution is -0.384. The molecule has 0 amide bonds. The molecule has 0 spiro atoms. The van der Waals surface area contributed by atoms with Crippen LogP contribution in [0.2, 0.25) is 0 Å². The highest BCUT2D eigenvalue weighted by Gasteiger charge is 2.20. The first-order valence-electron chi connectivity index (χ1n) is 4.32. The minimum absolute atomic E-state index is 0.0764. The van der Waals surface area contributed by atoms with Crippen molar-refractivity contribution in [3.05, 3.63) is 32.5 Å². The maximum absolute atomic E-state index is 13.6. The molecule has 0 bridgehead atoms. The summed E-state index contributed by atoms with van der Waals surface area (Å²) in [5, 5.41) is 13.4. The summed E-state index contributed by atoms with van der Waals surface area (Å²) >= 11 is 2.98. The molecule has 1 N–H and O–H groups in total. The monoisotopic (exact) mass is 276 g/mol. The van der Waals surface area contributed by atoms with Gasteiger partial charge in [-0.25, -0.2) is 4.39 Å². The Hall–Kier alpha value is -1.17. The van der Waals surface area contributed by atoms with Gasteiger partial charge in [-0.2, -0.15) is 0 Å². The summed E-state index contributed by atoms with van der Waals surface area (Å²) in [4.78, 5) is 10.0. The summed E-state index contributed by atoms with van der Waals surface area (Å²) in [5.41, 5.74) is -0.339. The number of benzene rings is 1. The zero-order valence-electron chi connectivity index (χ0n) is 8.25. The number of rotatable bonds is 3. The van der Waals surface area contributed by atoms with Crippen LogP contribution in [0.3, 0.4) is 0 Å². The Balaban J connectivity index is 3.28. The van der Waals surface area contributed by atoms with Crippen LogP contribution < -0.4 is 5.32 Å². The van der Waals surface area contributed by atoms with Crippen molar-refractivity contribution < 1.29 is 9.31 Å². The van der Waals surface area contributed by atoms with E-state index >= 15 is 0 Å². The predicted octanol–water partition coefficient (Wildman–Crippen LogP) is 3.32. The van der Waals surface area contributed by atoms with Crippen LogP contribution in [-0.4, -0.2) is 11.0 Å². The fourth-order valence-corrected chi connectivity index (χ4v) is 1.45. The minimum atomic E-state index is -0.641. The molecule has 0 aromatic heterocycles. The van der Waals surface area contributed by atoms with Crippen LogP contribution in [-0.2, 0) is 0 Å². The molecular formula is C9H10BrFN2O2. The molecule has 0 aliphatic rings. The highest BCUT2D eigenvalue weighted by molar-refractivity contribution is 9.10. The molecule has 1 aromatic carbocycles. The molecule has 0 aliphatic heterocycles. The third kappa shape index (κ3) is 2.65. The summed E-state index contributed by atoms with van der Waals surface area (Å²) < 4.78 is 13.8. The van der Waals surface area contributed by atoms with Gasteiger partial charge < -0.3 is 5.32 Å². The van der Waals surface area contributed by atoms with E-state index in [-0.39, 0.29) is 21.9 Å².